The average molecular weight is 716 g/mol. The van der Waals surface area contributed by atoms with Gasteiger partial charge in [-0.15, -0.1) is 13.2 Å². The summed E-state index contributed by atoms with van der Waals surface area (Å²) in [6, 6.07) is 2.65. The first-order chi connectivity index (χ1) is 23.7. The van der Waals surface area contributed by atoms with Crippen molar-refractivity contribution in [2.24, 2.45) is 0 Å². The maximum absolute atomic E-state index is 14.4. The Morgan fingerprint density at radius 1 is 1.14 bits per heavy atom. The molecule has 1 aliphatic heterocycles. The molecule has 18 heteroatoms. The molecule has 1 saturated carbocycles. The second-order valence-corrected chi connectivity index (χ2v) is 12.6. The quantitative estimate of drug-likeness (QED) is 0.273. The molecule has 6 rings (SSSR count). The summed E-state index contributed by atoms with van der Waals surface area (Å²) in [4.78, 5) is 63.9. The molecule has 14 nitrogen and oxygen atoms in total. The molecule has 3 aromatic heterocycles. The summed E-state index contributed by atoms with van der Waals surface area (Å²) < 4.78 is 43.6. The van der Waals surface area contributed by atoms with Gasteiger partial charge in [-0.3, -0.25) is 14.4 Å². The van der Waals surface area contributed by atoms with Crippen LogP contribution in [0.3, 0.4) is 0 Å². The fraction of sp³-hybridized carbons (Fsp3) is 0.406. The van der Waals surface area contributed by atoms with Gasteiger partial charge in [-0.05, 0) is 38.3 Å². The Kier molecular flexibility index (Phi) is 9.19. The lowest BCUT2D eigenvalue weighted by Crippen LogP contribution is -2.67. The highest BCUT2D eigenvalue weighted by atomic mass is 35.5. The van der Waals surface area contributed by atoms with Crippen molar-refractivity contribution in [1.29, 1.82) is 0 Å². The number of ether oxygens (including phenoxy) is 1. The van der Waals surface area contributed by atoms with Crippen LogP contribution >= 0.6 is 11.6 Å². The predicted octanol–water partition coefficient (Wildman–Crippen LogP) is 3.91. The van der Waals surface area contributed by atoms with E-state index in [2.05, 4.69) is 30.0 Å². The number of amides is 2. The van der Waals surface area contributed by atoms with E-state index in [0.717, 1.165) is 12.1 Å². The maximum atomic E-state index is 14.4. The molecular formula is C32H33ClF3N9O5. The molecule has 0 radical (unpaired) electrons. The van der Waals surface area contributed by atoms with Gasteiger partial charge in [-0.25, -0.2) is 19.9 Å². The van der Waals surface area contributed by atoms with Gasteiger partial charge in [-0.1, -0.05) is 18.5 Å². The summed E-state index contributed by atoms with van der Waals surface area (Å²) >= 11 is 6.19. The Morgan fingerprint density at radius 2 is 1.88 bits per heavy atom. The topological polar surface area (TPSA) is 159 Å². The minimum atomic E-state index is -4.91. The van der Waals surface area contributed by atoms with Gasteiger partial charge in [0.15, 0.2) is 22.6 Å². The van der Waals surface area contributed by atoms with Crippen molar-refractivity contribution in [1.82, 2.24) is 29.4 Å². The Hall–Kier alpha value is -5.19. The number of aromatic hydroxyl groups is 1. The molecule has 4 heterocycles. The lowest BCUT2D eigenvalue weighted by Gasteiger charge is -2.54. The van der Waals surface area contributed by atoms with E-state index in [-0.39, 0.29) is 76.2 Å². The smallest absolute Gasteiger partial charge is 0.504 e. The number of hydrogen-bond acceptors (Lipinski definition) is 11. The highest BCUT2D eigenvalue weighted by molar-refractivity contribution is 6.33. The van der Waals surface area contributed by atoms with Crippen LogP contribution in [0.1, 0.15) is 41.6 Å². The first kappa shape index (κ1) is 34.7. The Balaban J connectivity index is 1.36. The molecule has 2 atom stereocenters. The van der Waals surface area contributed by atoms with E-state index >= 15 is 0 Å². The molecule has 264 valence electrons. The zero-order valence-electron chi connectivity index (χ0n) is 27.5. The molecule has 0 spiro atoms. The van der Waals surface area contributed by atoms with Crippen LogP contribution in [0.4, 0.5) is 30.4 Å². The summed E-state index contributed by atoms with van der Waals surface area (Å²) in [5.41, 5.74) is 0.948. The van der Waals surface area contributed by atoms with Gasteiger partial charge in [0.1, 0.15) is 30.1 Å². The van der Waals surface area contributed by atoms with Crippen molar-refractivity contribution in [3.8, 4) is 11.5 Å². The van der Waals surface area contributed by atoms with E-state index in [0.29, 0.717) is 36.5 Å². The van der Waals surface area contributed by atoms with Crippen LogP contribution in [0.2, 0.25) is 5.02 Å². The van der Waals surface area contributed by atoms with Gasteiger partial charge >= 0.3 is 6.36 Å². The van der Waals surface area contributed by atoms with Crippen molar-refractivity contribution in [2.75, 3.05) is 42.3 Å². The van der Waals surface area contributed by atoms with Crippen LogP contribution in [0.25, 0.3) is 11.2 Å². The number of fused-ring (bicyclic) bond motifs is 2. The fourth-order valence-corrected chi connectivity index (χ4v) is 6.64. The largest absolute Gasteiger partial charge is 0.573 e. The zero-order valence-corrected chi connectivity index (χ0v) is 28.2. The van der Waals surface area contributed by atoms with E-state index < -0.39 is 23.9 Å². The van der Waals surface area contributed by atoms with E-state index in [1.54, 1.807) is 35.4 Å². The Labute approximate surface area is 288 Å². The number of aromatic nitrogens is 5. The van der Waals surface area contributed by atoms with E-state index in [1.165, 1.54) is 18.6 Å². The number of pyridine rings is 1. The predicted molar refractivity (Wildman–Crippen MR) is 178 cm³/mol. The number of aryl methyl sites for hydroxylation is 1. The molecule has 2 amide bonds. The summed E-state index contributed by atoms with van der Waals surface area (Å²) in [5.74, 6) is -1.41. The monoisotopic (exact) mass is 715 g/mol. The lowest BCUT2D eigenvalue weighted by atomic mass is 9.81. The summed E-state index contributed by atoms with van der Waals surface area (Å²) in [7, 11) is 3.51. The zero-order chi connectivity index (χ0) is 36.1. The Bertz CT molecular complexity index is 2060. The minimum absolute atomic E-state index is 0.0404. The average Bonchev–Trinajstić information content (AvgIpc) is 3.03. The SMILES string of the molecule is CCc1c(N2CCN(C(=O)c3ncnc(C)c3O)[C@H]3CC[C@@H]32)c(=O)c2nc(N(C)C)cnc2n1CC(=O)Nc1ccc(OC(F)(F)F)cc1Cl. The summed E-state index contributed by atoms with van der Waals surface area (Å²) in [6.45, 7) is 3.60. The van der Waals surface area contributed by atoms with E-state index in [9.17, 15) is 32.7 Å². The standard InChI is InChI=1S/C32H33ClF3N9O5/c1-5-20-27(43-10-11-44(22-9-8-21(22)43)31(49)26-28(47)16(2)38-15-39-26)29(48)25-30(37-13-23(41-25)42(3)4)45(20)14-24(46)40-19-7-6-17(12-18(19)33)50-32(34,35)36/h6-7,12-13,15,21-22,47H,5,8-11,14H2,1-4H3,(H,40,46)/t21-,22-/m0/s1. The van der Waals surface area contributed by atoms with Crippen LogP contribution in [0.15, 0.2) is 35.5 Å². The third-order valence-electron chi connectivity index (χ3n) is 8.91. The second kappa shape index (κ2) is 13.3. The lowest BCUT2D eigenvalue weighted by molar-refractivity contribution is -0.274. The number of hydrogen-bond donors (Lipinski definition) is 2. The highest BCUT2D eigenvalue weighted by Gasteiger charge is 2.47. The van der Waals surface area contributed by atoms with Gasteiger partial charge in [0.2, 0.25) is 11.3 Å². The van der Waals surface area contributed by atoms with Gasteiger partial charge < -0.3 is 34.4 Å². The third-order valence-corrected chi connectivity index (χ3v) is 9.22. The number of rotatable bonds is 8. The molecule has 2 fully saturated rings. The van der Waals surface area contributed by atoms with Gasteiger partial charge in [0.05, 0.1) is 28.6 Å². The van der Waals surface area contributed by atoms with Crippen molar-refractivity contribution < 1.29 is 32.6 Å². The molecule has 4 aromatic rings. The molecule has 0 unspecified atom stereocenters. The van der Waals surface area contributed by atoms with Crippen molar-refractivity contribution in [3.63, 3.8) is 0 Å². The molecule has 50 heavy (non-hydrogen) atoms. The van der Waals surface area contributed by atoms with Gasteiger partial charge in [0.25, 0.3) is 5.91 Å². The molecule has 1 saturated heterocycles. The second-order valence-electron chi connectivity index (χ2n) is 12.2. The fourth-order valence-electron chi connectivity index (χ4n) is 6.42. The van der Waals surface area contributed by atoms with E-state index in [1.807, 2.05) is 11.8 Å². The number of nitrogens with zero attached hydrogens (tertiary/aromatic N) is 8. The van der Waals surface area contributed by atoms with Crippen LogP contribution in [0, 0.1) is 6.92 Å². The minimum Gasteiger partial charge on any atom is -0.504 e. The molecule has 2 N–H and O–H groups in total. The summed E-state index contributed by atoms with van der Waals surface area (Å²) in [5, 5.41) is 12.9. The van der Waals surface area contributed by atoms with Gasteiger partial charge in [-0.2, -0.15) is 0 Å². The molecule has 1 aliphatic carbocycles. The normalized spacial score (nSPS) is 17.3. The third kappa shape index (κ3) is 6.44. The number of alkyl halides is 3. The van der Waals surface area contributed by atoms with Crippen molar-refractivity contribution in [3.05, 3.63) is 63.1 Å². The number of carbonyl (C=O) groups excluding carboxylic acids is 2. The molecule has 0 bridgehead atoms. The number of halogens is 4. The van der Waals surface area contributed by atoms with Crippen LogP contribution in [-0.2, 0) is 17.8 Å². The number of benzene rings is 1. The Morgan fingerprint density at radius 3 is 2.52 bits per heavy atom. The van der Waals surface area contributed by atoms with Crippen molar-refractivity contribution >= 4 is 51.8 Å². The van der Waals surface area contributed by atoms with Crippen LogP contribution < -0.4 is 25.3 Å². The van der Waals surface area contributed by atoms with E-state index in [4.69, 9.17) is 11.6 Å². The number of anilines is 3. The first-order valence-corrected chi connectivity index (χ1v) is 16.1. The number of piperazine rings is 1. The van der Waals surface area contributed by atoms with Crippen molar-refractivity contribution in [2.45, 2.75) is 58.1 Å². The van der Waals surface area contributed by atoms with Gasteiger partial charge in [0, 0.05) is 45.0 Å². The summed E-state index contributed by atoms with van der Waals surface area (Å²) in [6.07, 6.45) is -0.530. The van der Waals surface area contributed by atoms with Crippen LogP contribution in [0.5, 0.6) is 11.5 Å². The molecular weight excluding hydrogens is 683 g/mol. The highest BCUT2D eigenvalue weighted by Crippen LogP contribution is 2.39. The first-order valence-electron chi connectivity index (χ1n) is 15.7. The maximum Gasteiger partial charge on any atom is 0.573 e. The molecule has 2 aliphatic rings. The molecule has 1 aromatic carbocycles. The number of carbonyl (C=O) groups is 2. The number of nitrogens with one attached hydrogen (secondary N) is 1. The van der Waals surface area contributed by atoms with Crippen LogP contribution in [-0.4, -0.2) is 92.0 Å².